The number of aryl methyl sites for hydroxylation is 1. The lowest BCUT2D eigenvalue weighted by Crippen LogP contribution is -2.24. The quantitative estimate of drug-likeness (QED) is 0.623. The van der Waals surface area contributed by atoms with Gasteiger partial charge in [-0.1, -0.05) is 23.4 Å². The minimum absolute atomic E-state index is 0.127. The van der Waals surface area contributed by atoms with Crippen LogP contribution in [0.3, 0.4) is 0 Å². The van der Waals surface area contributed by atoms with Gasteiger partial charge in [0.2, 0.25) is 5.95 Å². The van der Waals surface area contributed by atoms with Gasteiger partial charge in [0.1, 0.15) is 5.82 Å². The lowest BCUT2D eigenvalue weighted by atomic mass is 9.80. The van der Waals surface area contributed by atoms with E-state index in [1.54, 1.807) is 25.1 Å². The second kappa shape index (κ2) is 5.12. The van der Waals surface area contributed by atoms with Crippen LogP contribution >= 0.6 is 0 Å². The van der Waals surface area contributed by atoms with Gasteiger partial charge in [0.25, 0.3) is 0 Å². The molecule has 0 bridgehead atoms. The van der Waals surface area contributed by atoms with E-state index in [1.165, 1.54) is 6.07 Å². The van der Waals surface area contributed by atoms with Gasteiger partial charge >= 0.3 is 0 Å². The first-order chi connectivity index (χ1) is 10.1. The van der Waals surface area contributed by atoms with Gasteiger partial charge in [-0.2, -0.15) is 0 Å². The number of nitrogens with two attached hydrogens (primary N) is 1. The van der Waals surface area contributed by atoms with Gasteiger partial charge in [-0.3, -0.25) is 0 Å². The molecule has 1 unspecified atom stereocenters. The summed E-state index contributed by atoms with van der Waals surface area (Å²) < 4.78 is 14.0. The summed E-state index contributed by atoms with van der Waals surface area (Å²) in [7, 11) is 0. The number of nitrogens with zero attached hydrogens (tertiary/aromatic N) is 3. The van der Waals surface area contributed by atoms with Crippen LogP contribution < -0.4 is 5.73 Å². The molecule has 0 amide bonds. The Morgan fingerprint density at radius 1 is 1.29 bits per heavy atom. The summed E-state index contributed by atoms with van der Waals surface area (Å²) in [6.45, 7) is 1.80. The SMILES string of the molecule is Cc1nc(N)nc2c1C(=NO)CC(c1ccccc1F)C2. The van der Waals surface area contributed by atoms with Crippen LogP contribution in [0, 0.1) is 12.7 Å². The van der Waals surface area contributed by atoms with Crippen LogP contribution in [0.5, 0.6) is 0 Å². The van der Waals surface area contributed by atoms with Crippen LogP contribution in [0.25, 0.3) is 0 Å². The number of oxime groups is 1. The lowest BCUT2D eigenvalue weighted by molar-refractivity contribution is 0.316. The Morgan fingerprint density at radius 3 is 2.76 bits per heavy atom. The number of hydrogen-bond donors (Lipinski definition) is 2. The maximum absolute atomic E-state index is 14.0. The van der Waals surface area contributed by atoms with Crippen molar-refractivity contribution in [2.24, 2.45) is 5.16 Å². The fourth-order valence-electron chi connectivity index (χ4n) is 2.94. The van der Waals surface area contributed by atoms with Crippen LogP contribution in [0.1, 0.15) is 34.9 Å². The van der Waals surface area contributed by atoms with Crippen LogP contribution in [-0.2, 0) is 6.42 Å². The zero-order valence-electron chi connectivity index (χ0n) is 11.5. The third kappa shape index (κ3) is 2.33. The highest BCUT2D eigenvalue weighted by Crippen LogP contribution is 2.34. The molecule has 3 rings (SSSR count). The monoisotopic (exact) mass is 286 g/mol. The van der Waals surface area contributed by atoms with Crippen molar-refractivity contribution in [2.45, 2.75) is 25.7 Å². The number of nitrogen functional groups attached to an aromatic ring is 1. The molecule has 108 valence electrons. The summed E-state index contributed by atoms with van der Waals surface area (Å²) in [5, 5.41) is 12.6. The molecule has 1 aromatic carbocycles. The fourth-order valence-corrected chi connectivity index (χ4v) is 2.94. The Labute approximate surface area is 121 Å². The van der Waals surface area contributed by atoms with E-state index in [9.17, 15) is 9.60 Å². The summed E-state index contributed by atoms with van der Waals surface area (Å²) in [5.41, 5.74) is 8.86. The van der Waals surface area contributed by atoms with E-state index in [2.05, 4.69) is 15.1 Å². The Bertz CT molecular complexity index is 730. The average Bonchev–Trinajstić information content (AvgIpc) is 2.46. The molecule has 1 aliphatic carbocycles. The van der Waals surface area contributed by atoms with Crippen molar-refractivity contribution in [3.05, 3.63) is 52.6 Å². The summed E-state index contributed by atoms with van der Waals surface area (Å²) in [6, 6.07) is 6.63. The predicted molar refractivity (Wildman–Crippen MR) is 77.0 cm³/mol. The molecule has 6 heteroatoms. The van der Waals surface area contributed by atoms with Gasteiger partial charge in [-0.25, -0.2) is 14.4 Å². The summed E-state index contributed by atoms with van der Waals surface area (Å²) in [5.74, 6) is -0.210. The van der Waals surface area contributed by atoms with E-state index in [0.717, 1.165) is 5.56 Å². The number of anilines is 1. The van der Waals surface area contributed by atoms with Crippen molar-refractivity contribution in [1.29, 1.82) is 0 Å². The summed E-state index contributed by atoms with van der Waals surface area (Å²) in [4.78, 5) is 8.33. The first-order valence-electron chi connectivity index (χ1n) is 6.69. The number of fused-ring (bicyclic) bond motifs is 1. The van der Waals surface area contributed by atoms with Gasteiger partial charge in [0, 0.05) is 12.0 Å². The topological polar surface area (TPSA) is 84.4 Å². The van der Waals surface area contributed by atoms with Crippen LogP contribution in [0.4, 0.5) is 10.3 Å². The van der Waals surface area contributed by atoms with E-state index in [4.69, 9.17) is 5.73 Å². The zero-order valence-corrected chi connectivity index (χ0v) is 11.5. The minimum atomic E-state index is -0.262. The number of benzene rings is 1. The molecule has 1 aromatic heterocycles. The van der Waals surface area contributed by atoms with E-state index in [-0.39, 0.29) is 17.7 Å². The smallest absolute Gasteiger partial charge is 0.220 e. The van der Waals surface area contributed by atoms with Crippen molar-refractivity contribution < 1.29 is 9.60 Å². The van der Waals surface area contributed by atoms with Crippen molar-refractivity contribution in [3.63, 3.8) is 0 Å². The van der Waals surface area contributed by atoms with Crippen molar-refractivity contribution in [3.8, 4) is 0 Å². The molecule has 0 saturated heterocycles. The van der Waals surface area contributed by atoms with Crippen molar-refractivity contribution in [1.82, 2.24) is 9.97 Å². The standard InChI is InChI=1S/C15H15FN4O/c1-8-14-12(19-15(17)18-8)6-9(7-13(14)20-21)10-4-2-3-5-11(10)16/h2-5,9,21H,6-7H2,1H3,(H2,17,18,19). The third-order valence-corrected chi connectivity index (χ3v) is 3.82. The van der Waals surface area contributed by atoms with Crippen LogP contribution in [0.15, 0.2) is 29.4 Å². The molecule has 21 heavy (non-hydrogen) atoms. The van der Waals surface area contributed by atoms with Gasteiger partial charge in [0.15, 0.2) is 0 Å². The second-order valence-electron chi connectivity index (χ2n) is 5.16. The molecule has 0 spiro atoms. The first kappa shape index (κ1) is 13.5. The normalized spacial score (nSPS) is 19.5. The number of halogens is 1. The molecule has 5 nitrogen and oxygen atoms in total. The molecule has 0 saturated carbocycles. The van der Waals surface area contributed by atoms with E-state index >= 15 is 0 Å². The maximum atomic E-state index is 14.0. The van der Waals surface area contributed by atoms with Gasteiger partial charge < -0.3 is 10.9 Å². The lowest BCUT2D eigenvalue weighted by Gasteiger charge is -2.26. The molecule has 1 atom stereocenters. The molecular formula is C15H15FN4O. The zero-order chi connectivity index (χ0) is 15.0. The molecule has 2 aromatic rings. The van der Waals surface area contributed by atoms with Crippen molar-refractivity contribution >= 4 is 11.7 Å². The Balaban J connectivity index is 2.09. The number of hydrogen-bond acceptors (Lipinski definition) is 5. The molecule has 0 radical (unpaired) electrons. The molecular weight excluding hydrogens is 271 g/mol. The second-order valence-corrected chi connectivity index (χ2v) is 5.16. The highest BCUT2D eigenvalue weighted by atomic mass is 19.1. The molecule has 3 N–H and O–H groups in total. The van der Waals surface area contributed by atoms with Gasteiger partial charge in [-0.15, -0.1) is 0 Å². The summed E-state index contributed by atoms with van der Waals surface area (Å²) in [6.07, 6.45) is 0.987. The first-order valence-corrected chi connectivity index (χ1v) is 6.69. The van der Waals surface area contributed by atoms with Gasteiger partial charge in [-0.05, 0) is 30.9 Å². The van der Waals surface area contributed by atoms with Gasteiger partial charge in [0.05, 0.1) is 17.1 Å². The Kier molecular flexibility index (Phi) is 3.29. The predicted octanol–water partition coefficient (Wildman–Crippen LogP) is 2.41. The molecule has 1 heterocycles. The largest absolute Gasteiger partial charge is 0.411 e. The minimum Gasteiger partial charge on any atom is -0.411 e. The van der Waals surface area contributed by atoms with E-state index in [0.29, 0.717) is 35.5 Å². The van der Waals surface area contributed by atoms with Crippen molar-refractivity contribution in [2.75, 3.05) is 5.73 Å². The van der Waals surface area contributed by atoms with E-state index in [1.807, 2.05) is 0 Å². The Hall–Kier alpha value is -2.50. The third-order valence-electron chi connectivity index (χ3n) is 3.82. The van der Waals surface area contributed by atoms with Crippen LogP contribution in [0.2, 0.25) is 0 Å². The van der Waals surface area contributed by atoms with Crippen LogP contribution in [-0.4, -0.2) is 20.9 Å². The highest BCUT2D eigenvalue weighted by Gasteiger charge is 2.30. The average molecular weight is 286 g/mol. The Morgan fingerprint density at radius 2 is 2.05 bits per heavy atom. The number of rotatable bonds is 1. The van der Waals surface area contributed by atoms with E-state index < -0.39 is 0 Å². The molecule has 0 aliphatic heterocycles. The molecule has 1 aliphatic rings. The number of aromatic nitrogens is 2. The summed E-state index contributed by atoms with van der Waals surface area (Å²) >= 11 is 0. The molecule has 0 fully saturated rings. The highest BCUT2D eigenvalue weighted by molar-refractivity contribution is 6.03. The fraction of sp³-hybridized carbons (Fsp3) is 0.267. The maximum Gasteiger partial charge on any atom is 0.220 e.